The van der Waals surface area contributed by atoms with Crippen molar-refractivity contribution < 1.29 is 18.3 Å². The van der Waals surface area contributed by atoms with E-state index in [4.69, 9.17) is 0 Å². The van der Waals surface area contributed by atoms with Crippen LogP contribution in [-0.2, 0) is 0 Å². The number of aliphatic hydroxyl groups is 1. The number of aliphatic hydroxyl groups excluding tert-OH is 1. The predicted octanol–water partition coefficient (Wildman–Crippen LogP) is 1.59. The molecule has 2 aromatic rings. The summed E-state index contributed by atoms with van der Waals surface area (Å²) in [4.78, 5) is 26.9. The Morgan fingerprint density at radius 3 is 2.30 bits per heavy atom. The van der Waals surface area contributed by atoms with Crippen molar-refractivity contribution >= 4 is 11.0 Å². The van der Waals surface area contributed by atoms with Gasteiger partial charge in [-0.3, -0.25) is 9.59 Å². The van der Waals surface area contributed by atoms with Crippen molar-refractivity contribution in [3.63, 3.8) is 0 Å². The maximum absolute atomic E-state index is 12.1. The second kappa shape index (κ2) is 5.12. The Hall–Kier alpha value is -2.09. The van der Waals surface area contributed by atoms with Crippen LogP contribution in [0.15, 0.2) is 27.8 Å². The first-order valence-electron chi connectivity index (χ1n) is 5.77. The molecule has 8 heteroatoms. The Bertz CT molecular complexity index is 733. The highest BCUT2D eigenvalue weighted by atomic mass is 19.4. The van der Waals surface area contributed by atoms with Crippen LogP contribution in [0.2, 0.25) is 0 Å². The Labute approximate surface area is 110 Å². The number of aromatic amines is 2. The van der Waals surface area contributed by atoms with Crippen molar-refractivity contribution in [1.82, 2.24) is 9.97 Å². The zero-order valence-electron chi connectivity index (χ0n) is 10.1. The Morgan fingerprint density at radius 1 is 1.10 bits per heavy atom. The normalized spacial score (nSPS) is 13.6. The van der Waals surface area contributed by atoms with Crippen LogP contribution in [0.25, 0.3) is 11.0 Å². The fourth-order valence-corrected chi connectivity index (χ4v) is 1.81. The molecule has 1 aromatic heterocycles. The highest BCUT2D eigenvalue weighted by molar-refractivity contribution is 5.74. The number of halogens is 3. The van der Waals surface area contributed by atoms with Gasteiger partial charge in [0.05, 0.1) is 17.1 Å². The van der Waals surface area contributed by atoms with E-state index >= 15 is 0 Å². The van der Waals surface area contributed by atoms with Gasteiger partial charge in [0.2, 0.25) is 0 Å². The second-order valence-corrected chi connectivity index (χ2v) is 4.38. The van der Waals surface area contributed by atoms with Gasteiger partial charge in [0.1, 0.15) is 0 Å². The van der Waals surface area contributed by atoms with Crippen molar-refractivity contribution in [3.8, 4) is 0 Å². The van der Waals surface area contributed by atoms with Crippen molar-refractivity contribution in [2.45, 2.75) is 25.1 Å². The van der Waals surface area contributed by atoms with Crippen LogP contribution in [0.4, 0.5) is 13.2 Å². The molecule has 5 nitrogen and oxygen atoms in total. The summed E-state index contributed by atoms with van der Waals surface area (Å²) in [5.41, 5.74) is -0.855. The van der Waals surface area contributed by atoms with Crippen LogP contribution in [0.5, 0.6) is 0 Å². The molecule has 0 radical (unpaired) electrons. The molecule has 1 aromatic carbocycles. The molecular formula is C12H11F3N2O3. The second-order valence-electron chi connectivity index (χ2n) is 4.38. The van der Waals surface area contributed by atoms with Gasteiger partial charge >= 0.3 is 17.3 Å². The summed E-state index contributed by atoms with van der Waals surface area (Å²) in [5.74, 6) is 0. The molecule has 0 bridgehead atoms. The van der Waals surface area contributed by atoms with Crippen molar-refractivity contribution in [2.75, 3.05) is 0 Å². The van der Waals surface area contributed by atoms with Crippen LogP contribution < -0.4 is 11.1 Å². The summed E-state index contributed by atoms with van der Waals surface area (Å²) in [6.07, 6.45) is -7.20. The summed E-state index contributed by atoms with van der Waals surface area (Å²) in [6, 6.07) is 4.16. The van der Waals surface area contributed by atoms with Crippen LogP contribution in [0.1, 0.15) is 24.5 Å². The van der Waals surface area contributed by atoms with Crippen molar-refractivity contribution in [1.29, 1.82) is 0 Å². The van der Waals surface area contributed by atoms with E-state index in [2.05, 4.69) is 9.97 Å². The van der Waals surface area contributed by atoms with E-state index in [0.717, 1.165) is 0 Å². The molecule has 1 heterocycles. The lowest BCUT2D eigenvalue weighted by Crippen LogP contribution is -2.28. The Morgan fingerprint density at radius 2 is 1.70 bits per heavy atom. The molecule has 20 heavy (non-hydrogen) atoms. The Balaban J connectivity index is 2.29. The van der Waals surface area contributed by atoms with Gasteiger partial charge in [0, 0.05) is 6.42 Å². The Kier molecular flexibility index (Phi) is 3.67. The first-order valence-corrected chi connectivity index (χ1v) is 5.77. The predicted molar refractivity (Wildman–Crippen MR) is 65.4 cm³/mol. The summed E-state index contributed by atoms with van der Waals surface area (Å²) in [5, 5.41) is 9.70. The molecule has 0 saturated carbocycles. The molecule has 0 fully saturated rings. The van der Waals surface area contributed by atoms with Gasteiger partial charge in [-0.2, -0.15) is 13.2 Å². The third-order valence-corrected chi connectivity index (χ3v) is 2.83. The molecule has 0 aliphatic carbocycles. The minimum Gasteiger partial charge on any atom is -0.388 e. The van der Waals surface area contributed by atoms with E-state index in [-0.39, 0.29) is 11.1 Å². The minimum absolute atomic E-state index is 0.240. The summed E-state index contributed by atoms with van der Waals surface area (Å²) < 4.78 is 36.3. The topological polar surface area (TPSA) is 85.9 Å². The fraction of sp³-hybridized carbons (Fsp3) is 0.333. The first kappa shape index (κ1) is 14.3. The molecule has 1 atom stereocenters. The average molecular weight is 288 g/mol. The maximum atomic E-state index is 12.1. The fourth-order valence-electron chi connectivity index (χ4n) is 1.81. The van der Waals surface area contributed by atoms with E-state index < -0.39 is 36.2 Å². The molecule has 108 valence electrons. The first-order chi connectivity index (χ1) is 9.26. The smallest absolute Gasteiger partial charge is 0.388 e. The van der Waals surface area contributed by atoms with Crippen molar-refractivity contribution in [3.05, 3.63) is 44.5 Å². The zero-order valence-corrected chi connectivity index (χ0v) is 10.1. The SMILES string of the molecule is O=c1[nH]c2ccc(C(O)CCC(F)(F)F)cc2[nH]c1=O. The quantitative estimate of drug-likeness (QED) is 0.750. The molecular weight excluding hydrogens is 277 g/mol. The zero-order chi connectivity index (χ0) is 14.9. The van der Waals surface area contributed by atoms with E-state index in [9.17, 15) is 27.9 Å². The largest absolute Gasteiger partial charge is 0.389 e. The summed E-state index contributed by atoms with van der Waals surface area (Å²) in [7, 11) is 0. The molecule has 0 aliphatic rings. The highest BCUT2D eigenvalue weighted by Gasteiger charge is 2.28. The standard InChI is InChI=1S/C12H11F3N2O3/c13-12(14,15)4-3-9(18)6-1-2-7-8(5-6)17-11(20)10(19)16-7/h1-2,5,9,18H,3-4H2,(H,16,19)(H,17,20). The number of fused-ring (bicyclic) bond motifs is 1. The van der Waals surface area contributed by atoms with Gasteiger partial charge in [0.25, 0.3) is 0 Å². The number of hydrogen-bond donors (Lipinski definition) is 3. The van der Waals surface area contributed by atoms with Crippen molar-refractivity contribution in [2.24, 2.45) is 0 Å². The van der Waals surface area contributed by atoms with Gasteiger partial charge in [-0.1, -0.05) is 6.07 Å². The van der Waals surface area contributed by atoms with Crippen LogP contribution in [0, 0.1) is 0 Å². The molecule has 1 unspecified atom stereocenters. The number of aromatic nitrogens is 2. The van der Waals surface area contributed by atoms with Gasteiger partial charge in [-0.15, -0.1) is 0 Å². The van der Waals surface area contributed by atoms with Gasteiger partial charge in [0.15, 0.2) is 0 Å². The average Bonchev–Trinajstić information content (AvgIpc) is 2.36. The summed E-state index contributed by atoms with van der Waals surface area (Å²) >= 11 is 0. The molecule has 0 aliphatic heterocycles. The minimum atomic E-state index is -4.34. The molecule has 3 N–H and O–H groups in total. The lowest BCUT2D eigenvalue weighted by Gasteiger charge is -2.13. The number of hydrogen-bond acceptors (Lipinski definition) is 3. The third kappa shape index (κ3) is 3.27. The molecule has 0 spiro atoms. The number of nitrogens with one attached hydrogen (secondary N) is 2. The molecule has 2 rings (SSSR count). The van der Waals surface area contributed by atoms with Crippen LogP contribution in [0.3, 0.4) is 0 Å². The molecule has 0 amide bonds. The maximum Gasteiger partial charge on any atom is 0.389 e. The van der Waals surface area contributed by atoms with Gasteiger partial charge in [-0.25, -0.2) is 0 Å². The van der Waals surface area contributed by atoms with Crippen LogP contribution >= 0.6 is 0 Å². The molecule has 0 saturated heterocycles. The summed E-state index contributed by atoms with van der Waals surface area (Å²) in [6.45, 7) is 0. The van der Waals surface area contributed by atoms with E-state index in [1.54, 1.807) is 0 Å². The van der Waals surface area contributed by atoms with E-state index in [0.29, 0.717) is 5.52 Å². The van der Waals surface area contributed by atoms with E-state index in [1.807, 2.05) is 0 Å². The lowest BCUT2D eigenvalue weighted by molar-refractivity contribution is -0.140. The lowest BCUT2D eigenvalue weighted by atomic mass is 10.0. The monoisotopic (exact) mass is 288 g/mol. The van der Waals surface area contributed by atoms with E-state index in [1.165, 1.54) is 18.2 Å². The highest BCUT2D eigenvalue weighted by Crippen LogP contribution is 2.28. The third-order valence-electron chi connectivity index (χ3n) is 2.83. The van der Waals surface area contributed by atoms with Gasteiger partial charge < -0.3 is 15.1 Å². The van der Waals surface area contributed by atoms with Gasteiger partial charge in [-0.05, 0) is 24.1 Å². The number of alkyl halides is 3. The van der Waals surface area contributed by atoms with Crippen LogP contribution in [-0.4, -0.2) is 21.3 Å². The number of rotatable bonds is 3. The number of H-pyrrole nitrogens is 2. The number of benzene rings is 1.